The molecule has 2 heterocycles. The number of nitrogens with one attached hydrogen (secondary N) is 2. The smallest absolute Gasteiger partial charge is 0.267 e. The number of hydrogen-bond donors (Lipinski definition) is 3. The first-order valence-electron chi connectivity index (χ1n) is 5.72. The Morgan fingerprint density at radius 3 is 2.80 bits per heavy atom. The van der Waals surface area contributed by atoms with Gasteiger partial charge in [0.1, 0.15) is 5.69 Å². The van der Waals surface area contributed by atoms with Gasteiger partial charge in [-0.2, -0.15) is 0 Å². The Bertz CT molecular complexity index is 555. The van der Waals surface area contributed by atoms with E-state index < -0.39 is 0 Å². The number of aromatic nitrogens is 2. The first-order valence-corrected chi connectivity index (χ1v) is 6.60. The second-order valence-corrected chi connectivity index (χ2v) is 5.23. The summed E-state index contributed by atoms with van der Waals surface area (Å²) in [5, 5.41) is 5.79. The van der Waals surface area contributed by atoms with Crippen molar-refractivity contribution in [2.24, 2.45) is 5.73 Å². The fourth-order valence-corrected chi connectivity index (χ4v) is 2.15. The average molecular weight is 337 g/mol. The molecule has 1 atom stereocenters. The van der Waals surface area contributed by atoms with Crippen molar-refractivity contribution in [3.05, 3.63) is 28.3 Å². The minimum Gasteiger partial charge on any atom is -0.357 e. The lowest BCUT2D eigenvalue weighted by atomic mass is 10.2. The number of rotatable bonds is 4. The van der Waals surface area contributed by atoms with Gasteiger partial charge in [0.25, 0.3) is 5.91 Å². The van der Waals surface area contributed by atoms with Crippen LogP contribution in [0.4, 0.5) is 0 Å². The highest BCUT2D eigenvalue weighted by atomic mass is 35.5. The second kappa shape index (κ2) is 8.26. The summed E-state index contributed by atoms with van der Waals surface area (Å²) in [4.78, 5) is 19.2. The Hall–Kier alpha value is -1.08. The first-order chi connectivity index (χ1) is 8.60. The van der Waals surface area contributed by atoms with Crippen molar-refractivity contribution in [1.29, 1.82) is 0 Å². The molecule has 1 amide bonds. The van der Waals surface area contributed by atoms with Gasteiger partial charge in [0.05, 0.1) is 10.7 Å². The zero-order valence-electron chi connectivity index (χ0n) is 11.2. The number of nitrogens with two attached hydrogens (primary N) is 1. The highest BCUT2D eigenvalue weighted by Crippen LogP contribution is 2.22. The number of halogens is 2. The predicted octanol–water partition coefficient (Wildman–Crippen LogP) is 2.37. The summed E-state index contributed by atoms with van der Waals surface area (Å²) >= 11 is 1.59. The van der Waals surface area contributed by atoms with Gasteiger partial charge in [-0.1, -0.05) is 0 Å². The van der Waals surface area contributed by atoms with Gasteiger partial charge in [-0.15, -0.1) is 36.2 Å². The van der Waals surface area contributed by atoms with Crippen LogP contribution in [0.2, 0.25) is 0 Å². The summed E-state index contributed by atoms with van der Waals surface area (Å²) in [6.45, 7) is 4.24. The third kappa shape index (κ3) is 4.49. The molecule has 0 saturated carbocycles. The molecule has 0 unspecified atom stereocenters. The van der Waals surface area contributed by atoms with Gasteiger partial charge >= 0.3 is 0 Å². The van der Waals surface area contributed by atoms with Crippen molar-refractivity contribution >= 4 is 42.1 Å². The lowest BCUT2D eigenvalue weighted by Gasteiger charge is -2.09. The summed E-state index contributed by atoms with van der Waals surface area (Å²) in [7, 11) is 0. The maximum Gasteiger partial charge on any atom is 0.267 e. The van der Waals surface area contributed by atoms with Crippen molar-refractivity contribution in [2.45, 2.75) is 19.9 Å². The summed E-state index contributed by atoms with van der Waals surface area (Å²) in [6.07, 6.45) is 1.79. The Morgan fingerprint density at radius 1 is 1.55 bits per heavy atom. The molecule has 0 aliphatic rings. The van der Waals surface area contributed by atoms with Crippen LogP contribution in [-0.2, 0) is 0 Å². The van der Waals surface area contributed by atoms with Gasteiger partial charge in [0.15, 0.2) is 0 Å². The number of aryl methyl sites for hydroxylation is 1. The molecule has 2 aromatic rings. The molecule has 0 radical (unpaired) electrons. The molecular formula is C12H18Cl2N4OS. The van der Waals surface area contributed by atoms with Gasteiger partial charge in [-0.25, -0.2) is 4.98 Å². The molecule has 0 bridgehead atoms. The summed E-state index contributed by atoms with van der Waals surface area (Å²) in [6, 6.07) is 1.76. The highest BCUT2D eigenvalue weighted by molar-refractivity contribution is 7.09. The minimum absolute atomic E-state index is 0. The van der Waals surface area contributed by atoms with Gasteiger partial charge in [-0.3, -0.25) is 4.79 Å². The molecule has 0 fully saturated rings. The van der Waals surface area contributed by atoms with Crippen molar-refractivity contribution in [1.82, 2.24) is 15.3 Å². The Kier molecular flexibility index (Phi) is 7.82. The van der Waals surface area contributed by atoms with E-state index in [-0.39, 0.29) is 36.8 Å². The van der Waals surface area contributed by atoms with Gasteiger partial charge < -0.3 is 16.0 Å². The topological polar surface area (TPSA) is 83.8 Å². The molecule has 0 saturated heterocycles. The summed E-state index contributed by atoms with van der Waals surface area (Å²) in [5.41, 5.74) is 7.80. The largest absolute Gasteiger partial charge is 0.357 e. The Morgan fingerprint density at radius 2 is 2.25 bits per heavy atom. The van der Waals surface area contributed by atoms with Gasteiger partial charge in [0, 0.05) is 29.7 Å². The number of nitrogens with zero attached hydrogens (tertiary/aromatic N) is 1. The minimum atomic E-state index is -0.147. The van der Waals surface area contributed by atoms with E-state index in [2.05, 4.69) is 15.3 Å². The SMILES string of the molecule is Cc1nc(-c2c[nH]c(C(=O)N[C@@H](C)CN)c2)cs1.Cl.Cl. The number of hydrogen-bond acceptors (Lipinski definition) is 4. The second-order valence-electron chi connectivity index (χ2n) is 4.16. The van der Waals surface area contributed by atoms with Crippen LogP contribution in [-0.4, -0.2) is 28.5 Å². The van der Waals surface area contributed by atoms with Crippen molar-refractivity contribution in [2.75, 3.05) is 6.54 Å². The molecular weight excluding hydrogens is 319 g/mol. The van der Waals surface area contributed by atoms with E-state index in [4.69, 9.17) is 5.73 Å². The van der Waals surface area contributed by atoms with E-state index in [0.717, 1.165) is 16.3 Å². The zero-order valence-corrected chi connectivity index (χ0v) is 13.6. The first kappa shape index (κ1) is 18.9. The van der Waals surface area contributed by atoms with E-state index in [1.807, 2.05) is 19.2 Å². The Balaban J connectivity index is 0.00000180. The van der Waals surface area contributed by atoms with Crippen LogP contribution in [0.1, 0.15) is 22.4 Å². The molecule has 8 heteroatoms. The molecule has 0 aliphatic carbocycles. The third-order valence-electron chi connectivity index (χ3n) is 2.57. The molecule has 0 aliphatic heterocycles. The van der Waals surface area contributed by atoms with Gasteiger partial charge in [-0.05, 0) is 19.9 Å². The van der Waals surface area contributed by atoms with E-state index in [0.29, 0.717) is 12.2 Å². The monoisotopic (exact) mass is 336 g/mol. The van der Waals surface area contributed by atoms with Crippen molar-refractivity contribution < 1.29 is 4.79 Å². The van der Waals surface area contributed by atoms with E-state index >= 15 is 0 Å². The van der Waals surface area contributed by atoms with E-state index in [9.17, 15) is 4.79 Å². The van der Waals surface area contributed by atoms with Crippen LogP contribution in [0.3, 0.4) is 0 Å². The van der Waals surface area contributed by atoms with Crippen molar-refractivity contribution in [3.8, 4) is 11.3 Å². The van der Waals surface area contributed by atoms with Crippen LogP contribution in [0, 0.1) is 6.92 Å². The lowest BCUT2D eigenvalue weighted by Crippen LogP contribution is -2.37. The van der Waals surface area contributed by atoms with Crippen LogP contribution < -0.4 is 11.1 Å². The number of thiazole rings is 1. The maximum absolute atomic E-state index is 11.8. The van der Waals surface area contributed by atoms with Crippen LogP contribution in [0.25, 0.3) is 11.3 Å². The number of aromatic amines is 1. The quantitative estimate of drug-likeness (QED) is 0.801. The van der Waals surface area contributed by atoms with Crippen molar-refractivity contribution in [3.63, 3.8) is 0 Å². The number of amides is 1. The normalized spacial score (nSPS) is 11.2. The number of H-pyrrole nitrogens is 1. The number of carbonyl (C=O) groups excluding carboxylic acids is 1. The van der Waals surface area contributed by atoms with Crippen LogP contribution in [0.15, 0.2) is 17.6 Å². The molecule has 4 N–H and O–H groups in total. The molecule has 0 aromatic carbocycles. The van der Waals surface area contributed by atoms with Gasteiger partial charge in [0.2, 0.25) is 0 Å². The van der Waals surface area contributed by atoms with Crippen LogP contribution >= 0.6 is 36.2 Å². The maximum atomic E-state index is 11.8. The third-order valence-corrected chi connectivity index (χ3v) is 3.35. The highest BCUT2D eigenvalue weighted by Gasteiger charge is 2.12. The molecule has 5 nitrogen and oxygen atoms in total. The average Bonchev–Trinajstić information content (AvgIpc) is 2.96. The van der Waals surface area contributed by atoms with E-state index in [1.54, 1.807) is 23.6 Å². The number of carbonyl (C=O) groups is 1. The molecule has 20 heavy (non-hydrogen) atoms. The predicted molar refractivity (Wildman–Crippen MR) is 87.1 cm³/mol. The lowest BCUT2D eigenvalue weighted by molar-refractivity contribution is 0.0937. The summed E-state index contributed by atoms with van der Waals surface area (Å²) < 4.78 is 0. The standard InChI is InChI=1S/C12H16N4OS.2ClH/c1-7(4-13)15-12(17)10-3-9(5-14-10)11-6-18-8(2)16-11;;/h3,5-7,14H,4,13H2,1-2H3,(H,15,17);2*1H/t7-;;/m0../s1. The fourth-order valence-electron chi connectivity index (χ4n) is 1.53. The molecule has 0 spiro atoms. The summed E-state index contributed by atoms with van der Waals surface area (Å²) in [5.74, 6) is -0.147. The Labute approximate surface area is 134 Å². The van der Waals surface area contributed by atoms with Crippen LogP contribution in [0.5, 0.6) is 0 Å². The zero-order chi connectivity index (χ0) is 13.1. The molecule has 2 aromatic heterocycles. The fraction of sp³-hybridized carbons (Fsp3) is 0.333. The molecule has 2 rings (SSSR count). The molecule has 112 valence electrons. The van der Waals surface area contributed by atoms with E-state index in [1.165, 1.54) is 0 Å².